The van der Waals surface area contributed by atoms with Gasteiger partial charge in [-0.25, -0.2) is 4.39 Å². The quantitative estimate of drug-likeness (QED) is 0.560. The first-order valence-electron chi connectivity index (χ1n) is 12.3. The molecule has 1 N–H and O–H groups in total. The lowest BCUT2D eigenvalue weighted by Crippen LogP contribution is -2.60. The lowest BCUT2D eigenvalue weighted by Gasteiger charge is -2.35. The SMILES string of the molecule is CC(C)C1(C(=O)N[C@H]2CC(=O)O[C@@]2(CF)OC(=O)CC(C)(C)C)CC(c2nccc3ccccc23)=NO1. The third-order valence-corrected chi connectivity index (χ3v) is 6.65. The highest BCUT2D eigenvalue weighted by molar-refractivity contribution is 6.11. The highest BCUT2D eigenvalue weighted by Gasteiger charge is 2.57. The molecule has 0 bridgehead atoms. The van der Waals surface area contributed by atoms with E-state index in [1.165, 1.54) is 0 Å². The zero-order valence-electron chi connectivity index (χ0n) is 21.7. The van der Waals surface area contributed by atoms with Crippen LogP contribution in [-0.4, -0.2) is 52.6 Å². The third kappa shape index (κ3) is 5.14. The van der Waals surface area contributed by atoms with Crippen molar-refractivity contribution >= 4 is 34.3 Å². The van der Waals surface area contributed by atoms with Crippen molar-refractivity contribution < 1.29 is 33.1 Å². The Balaban J connectivity index is 1.57. The van der Waals surface area contributed by atoms with Gasteiger partial charge in [0.2, 0.25) is 5.60 Å². The molecule has 1 unspecified atom stereocenters. The van der Waals surface area contributed by atoms with E-state index in [1.807, 2.05) is 51.1 Å². The summed E-state index contributed by atoms with van der Waals surface area (Å²) in [6.45, 7) is 7.76. The maximum absolute atomic E-state index is 14.3. The van der Waals surface area contributed by atoms with Crippen LogP contribution in [0.5, 0.6) is 0 Å². The third-order valence-electron chi connectivity index (χ3n) is 6.65. The number of rotatable bonds is 7. The molecule has 2 aliphatic rings. The van der Waals surface area contributed by atoms with Crippen LogP contribution in [0.25, 0.3) is 10.8 Å². The fourth-order valence-electron chi connectivity index (χ4n) is 4.59. The number of carbonyl (C=O) groups excluding carboxylic acids is 3. The van der Waals surface area contributed by atoms with E-state index in [4.69, 9.17) is 14.3 Å². The van der Waals surface area contributed by atoms with Crippen LogP contribution in [-0.2, 0) is 28.7 Å². The Morgan fingerprint density at radius 2 is 1.97 bits per heavy atom. The number of amides is 1. The van der Waals surface area contributed by atoms with Crippen LogP contribution in [0.3, 0.4) is 0 Å². The van der Waals surface area contributed by atoms with Crippen LogP contribution >= 0.6 is 0 Å². The van der Waals surface area contributed by atoms with Crippen molar-refractivity contribution in [2.45, 2.75) is 71.3 Å². The fraction of sp³-hybridized carbons (Fsp3) is 0.519. The van der Waals surface area contributed by atoms with Gasteiger partial charge in [0.1, 0.15) is 11.8 Å². The minimum Gasteiger partial charge on any atom is -0.417 e. The number of halogens is 1. The average molecular weight is 514 g/mol. The molecule has 1 saturated heterocycles. The van der Waals surface area contributed by atoms with Crippen molar-refractivity contribution in [3.8, 4) is 0 Å². The van der Waals surface area contributed by atoms with Crippen LogP contribution in [0.1, 0.15) is 59.6 Å². The predicted molar refractivity (Wildman–Crippen MR) is 133 cm³/mol. The van der Waals surface area contributed by atoms with Crippen molar-refractivity contribution in [3.05, 3.63) is 42.2 Å². The van der Waals surface area contributed by atoms with Crippen LogP contribution in [0.2, 0.25) is 0 Å². The highest BCUT2D eigenvalue weighted by atomic mass is 19.1. The Kier molecular flexibility index (Phi) is 6.96. The maximum Gasteiger partial charge on any atom is 0.311 e. The molecule has 3 heterocycles. The normalized spacial score (nSPS) is 25.5. The van der Waals surface area contributed by atoms with Crippen molar-refractivity contribution in [1.29, 1.82) is 0 Å². The first kappa shape index (κ1) is 26.5. The summed E-state index contributed by atoms with van der Waals surface area (Å²) >= 11 is 0. The van der Waals surface area contributed by atoms with Gasteiger partial charge < -0.3 is 19.6 Å². The zero-order chi connectivity index (χ0) is 27.0. The van der Waals surface area contributed by atoms with Crippen molar-refractivity contribution in [2.24, 2.45) is 16.5 Å². The van der Waals surface area contributed by atoms with Gasteiger partial charge in [0.25, 0.3) is 5.91 Å². The molecular formula is C27H32FN3O6. The van der Waals surface area contributed by atoms with E-state index in [0.717, 1.165) is 10.8 Å². The number of ether oxygens (including phenoxy) is 2. The maximum atomic E-state index is 14.3. The number of carbonyl (C=O) groups is 3. The number of benzene rings is 1. The van der Waals surface area contributed by atoms with Gasteiger partial charge in [0.15, 0.2) is 6.67 Å². The number of hydrogen-bond acceptors (Lipinski definition) is 8. The Hall–Kier alpha value is -3.56. The molecule has 3 atom stereocenters. The summed E-state index contributed by atoms with van der Waals surface area (Å²) in [5, 5.41) is 8.73. The van der Waals surface area contributed by atoms with Crippen molar-refractivity contribution in [3.63, 3.8) is 0 Å². The minimum atomic E-state index is -2.24. The molecule has 0 radical (unpaired) electrons. The molecule has 0 aliphatic carbocycles. The van der Waals surface area contributed by atoms with Gasteiger partial charge in [-0.2, -0.15) is 0 Å². The van der Waals surface area contributed by atoms with Crippen molar-refractivity contribution in [1.82, 2.24) is 10.3 Å². The second kappa shape index (κ2) is 9.72. The Bertz CT molecular complexity index is 1250. The molecule has 1 aromatic carbocycles. The van der Waals surface area contributed by atoms with E-state index in [0.29, 0.717) is 11.4 Å². The summed E-state index contributed by atoms with van der Waals surface area (Å²) in [6.07, 6.45) is 1.39. The van der Waals surface area contributed by atoms with E-state index >= 15 is 0 Å². The van der Waals surface area contributed by atoms with Crippen LogP contribution in [0.15, 0.2) is 41.7 Å². The molecule has 1 aromatic heterocycles. The summed E-state index contributed by atoms with van der Waals surface area (Å²) in [6, 6.07) is 8.32. The van der Waals surface area contributed by atoms with Crippen LogP contribution < -0.4 is 5.32 Å². The Morgan fingerprint density at radius 3 is 2.65 bits per heavy atom. The summed E-state index contributed by atoms with van der Waals surface area (Å²) in [5.74, 6) is -4.73. The molecule has 198 valence electrons. The Labute approximate surface area is 214 Å². The number of aromatic nitrogens is 1. The lowest BCUT2D eigenvalue weighted by atomic mass is 9.83. The molecule has 2 aromatic rings. The number of nitrogens with zero attached hydrogens (tertiary/aromatic N) is 2. The van der Waals surface area contributed by atoms with Crippen molar-refractivity contribution in [2.75, 3.05) is 6.67 Å². The topological polar surface area (TPSA) is 116 Å². The van der Waals surface area contributed by atoms with E-state index in [1.54, 1.807) is 20.0 Å². The molecule has 1 amide bonds. The number of hydrogen-bond donors (Lipinski definition) is 1. The average Bonchev–Trinajstić information content (AvgIpc) is 3.40. The molecule has 0 saturated carbocycles. The van der Waals surface area contributed by atoms with Gasteiger partial charge >= 0.3 is 17.7 Å². The summed E-state index contributed by atoms with van der Waals surface area (Å²) < 4.78 is 24.8. The molecule has 2 aliphatic heterocycles. The fourth-order valence-corrected chi connectivity index (χ4v) is 4.59. The van der Waals surface area contributed by atoms with Gasteiger partial charge in [-0.1, -0.05) is 64.0 Å². The van der Waals surface area contributed by atoms with E-state index < -0.39 is 47.4 Å². The lowest BCUT2D eigenvalue weighted by molar-refractivity contribution is -0.227. The summed E-state index contributed by atoms with van der Waals surface area (Å²) in [5.41, 5.74) is -0.787. The molecule has 9 nitrogen and oxygen atoms in total. The summed E-state index contributed by atoms with van der Waals surface area (Å²) in [4.78, 5) is 48.6. The summed E-state index contributed by atoms with van der Waals surface area (Å²) in [7, 11) is 0. The largest absolute Gasteiger partial charge is 0.417 e. The van der Waals surface area contributed by atoms with Gasteiger partial charge in [-0.05, 0) is 16.9 Å². The highest BCUT2D eigenvalue weighted by Crippen LogP contribution is 2.37. The van der Waals surface area contributed by atoms with E-state index in [9.17, 15) is 18.8 Å². The Morgan fingerprint density at radius 1 is 1.24 bits per heavy atom. The minimum absolute atomic E-state index is 0.0265. The number of cyclic esters (lactones) is 1. The number of alkyl halides is 1. The number of nitrogens with one attached hydrogen (secondary N) is 1. The van der Waals surface area contributed by atoms with Gasteiger partial charge in [-0.15, -0.1) is 0 Å². The second-order valence-electron chi connectivity index (χ2n) is 11.1. The molecule has 37 heavy (non-hydrogen) atoms. The smallest absolute Gasteiger partial charge is 0.311 e. The zero-order valence-corrected chi connectivity index (χ0v) is 21.7. The molecular weight excluding hydrogens is 481 g/mol. The van der Waals surface area contributed by atoms with E-state index in [2.05, 4.69) is 15.5 Å². The number of esters is 2. The van der Waals surface area contributed by atoms with E-state index in [-0.39, 0.29) is 25.2 Å². The van der Waals surface area contributed by atoms with Crippen LogP contribution in [0.4, 0.5) is 4.39 Å². The molecule has 1 fully saturated rings. The number of fused-ring (bicyclic) bond motifs is 1. The van der Waals surface area contributed by atoms with Gasteiger partial charge in [0, 0.05) is 23.9 Å². The monoisotopic (exact) mass is 513 g/mol. The van der Waals surface area contributed by atoms with Gasteiger partial charge in [0.05, 0.1) is 18.5 Å². The molecule has 4 rings (SSSR count). The first-order valence-corrected chi connectivity index (χ1v) is 12.3. The first-order chi connectivity index (χ1) is 17.4. The van der Waals surface area contributed by atoms with Crippen LogP contribution in [0, 0.1) is 11.3 Å². The van der Waals surface area contributed by atoms with Gasteiger partial charge in [-0.3, -0.25) is 19.4 Å². The molecule has 0 spiro atoms. The number of pyridine rings is 1. The molecule has 10 heteroatoms. The standard InChI is InChI=1S/C27H32FN3O6/c1-16(2)26(13-19(31-37-26)23-18-9-7-6-8-17(18)10-11-29-23)24(34)30-20-12-21(32)35-27(20,15-28)36-22(33)14-25(3,4)5/h6-11,16,20H,12-15H2,1-5H3,(H,30,34)/t20-,26?,27-/m0/s1. The predicted octanol–water partition coefficient (Wildman–Crippen LogP) is 3.83. The number of oxime groups is 1. The second-order valence-corrected chi connectivity index (χ2v) is 11.1.